The lowest BCUT2D eigenvalue weighted by Gasteiger charge is -2.13. The molecule has 0 aliphatic rings. The Labute approximate surface area is 196 Å². The van der Waals surface area contributed by atoms with Gasteiger partial charge in [-0.3, -0.25) is 9.52 Å². The average molecular weight is 480 g/mol. The number of halogens is 1. The molecule has 0 saturated carbocycles. The van der Waals surface area contributed by atoms with E-state index in [1.54, 1.807) is 48.5 Å². The van der Waals surface area contributed by atoms with Gasteiger partial charge in [-0.05, 0) is 76.3 Å². The number of ketones is 1. The fourth-order valence-electron chi connectivity index (χ4n) is 3.63. The van der Waals surface area contributed by atoms with E-state index < -0.39 is 15.8 Å². The average Bonchev–Trinajstić information content (AvgIpc) is 3.31. The molecule has 0 radical (unpaired) electrons. The summed E-state index contributed by atoms with van der Waals surface area (Å²) < 4.78 is 42.7. The quantitative estimate of drug-likeness (QED) is 0.336. The molecule has 7 heteroatoms. The molecule has 33 heavy (non-hydrogen) atoms. The highest BCUT2D eigenvalue weighted by Crippen LogP contribution is 2.30. The Kier molecular flexibility index (Phi) is 6.72. The summed E-state index contributed by atoms with van der Waals surface area (Å²) in [6.07, 6.45) is -0.0664. The Balaban J connectivity index is 1.66. The number of rotatable bonds is 8. The number of nitrogens with one attached hydrogen (secondary N) is 1. The van der Waals surface area contributed by atoms with Gasteiger partial charge >= 0.3 is 0 Å². The van der Waals surface area contributed by atoms with Gasteiger partial charge in [0.1, 0.15) is 11.6 Å². The fraction of sp³-hybridized carbons (Fsp3) is 0.115. The van der Waals surface area contributed by atoms with Gasteiger partial charge in [-0.2, -0.15) is 11.3 Å². The van der Waals surface area contributed by atoms with Crippen LogP contribution >= 0.6 is 11.3 Å². The maximum absolute atomic E-state index is 14.2. The van der Waals surface area contributed by atoms with Gasteiger partial charge in [0, 0.05) is 18.5 Å². The number of carbonyl (C=O) groups is 1. The third kappa shape index (κ3) is 5.56. The van der Waals surface area contributed by atoms with Gasteiger partial charge in [-0.1, -0.05) is 42.0 Å². The smallest absolute Gasteiger partial charge is 0.261 e. The zero-order chi connectivity index (χ0) is 23.4. The lowest BCUT2D eigenvalue weighted by atomic mass is 9.95. The molecule has 1 aromatic heterocycles. The highest BCUT2D eigenvalue weighted by molar-refractivity contribution is 7.92. The number of Topliss-reactive ketones (excluding diaryl/α,β-unsaturated/α-hetero) is 1. The van der Waals surface area contributed by atoms with Crippen LogP contribution in [0, 0.1) is 12.7 Å². The van der Waals surface area contributed by atoms with Crippen LogP contribution in [0.4, 0.5) is 10.1 Å². The predicted octanol–water partition coefficient (Wildman–Crippen LogP) is 6.02. The molecule has 168 valence electrons. The molecular formula is C26H22FNO3S2. The minimum atomic E-state index is -3.85. The highest BCUT2D eigenvalue weighted by Gasteiger charge is 2.19. The van der Waals surface area contributed by atoms with Crippen molar-refractivity contribution < 1.29 is 17.6 Å². The van der Waals surface area contributed by atoms with Crippen molar-refractivity contribution in [3.8, 4) is 11.1 Å². The van der Waals surface area contributed by atoms with Gasteiger partial charge in [0.25, 0.3) is 10.0 Å². The van der Waals surface area contributed by atoms with E-state index in [1.807, 2.05) is 23.8 Å². The van der Waals surface area contributed by atoms with Crippen molar-refractivity contribution in [1.82, 2.24) is 0 Å². The first kappa shape index (κ1) is 22.9. The standard InChI is InChI=1S/C26H22FNO3S2/c1-18-7-10-26(27)21(13-18)15-23(29)14-20-16-24(8-9-25(20)19-11-12-32-17-19)33(30,31)28-22-5-3-2-4-6-22/h2-13,16-17,28H,14-15H2,1H3. The molecule has 4 aromatic rings. The summed E-state index contributed by atoms with van der Waals surface area (Å²) in [5.41, 5.74) is 3.94. The second kappa shape index (κ2) is 9.68. The largest absolute Gasteiger partial charge is 0.299 e. The molecule has 0 saturated heterocycles. The molecule has 0 amide bonds. The second-order valence-electron chi connectivity index (χ2n) is 7.79. The first-order chi connectivity index (χ1) is 15.8. The van der Waals surface area contributed by atoms with Crippen LogP contribution in [0.2, 0.25) is 0 Å². The van der Waals surface area contributed by atoms with E-state index in [0.29, 0.717) is 16.8 Å². The maximum Gasteiger partial charge on any atom is 0.261 e. The normalized spacial score (nSPS) is 11.3. The lowest BCUT2D eigenvalue weighted by Crippen LogP contribution is -2.14. The number of carbonyl (C=O) groups excluding carboxylic acids is 1. The van der Waals surface area contributed by atoms with Gasteiger partial charge in [0.15, 0.2) is 0 Å². The number of hydrogen-bond acceptors (Lipinski definition) is 4. The van der Waals surface area contributed by atoms with Crippen LogP contribution in [-0.4, -0.2) is 14.2 Å². The molecule has 0 spiro atoms. The number of benzene rings is 3. The van der Waals surface area contributed by atoms with E-state index >= 15 is 0 Å². The van der Waals surface area contributed by atoms with Crippen LogP contribution in [0.1, 0.15) is 16.7 Å². The van der Waals surface area contributed by atoms with E-state index in [1.165, 1.54) is 29.5 Å². The Hall–Kier alpha value is -3.29. The number of hydrogen-bond donors (Lipinski definition) is 1. The molecular weight excluding hydrogens is 457 g/mol. The Morgan fingerprint density at radius 3 is 2.42 bits per heavy atom. The number of anilines is 1. The summed E-state index contributed by atoms with van der Waals surface area (Å²) in [6.45, 7) is 1.84. The molecule has 4 rings (SSSR count). The molecule has 0 fully saturated rings. The van der Waals surface area contributed by atoms with Gasteiger partial charge < -0.3 is 0 Å². The topological polar surface area (TPSA) is 63.2 Å². The monoisotopic (exact) mass is 479 g/mol. The van der Waals surface area contributed by atoms with Gasteiger partial charge in [-0.15, -0.1) is 0 Å². The van der Waals surface area contributed by atoms with E-state index in [2.05, 4.69) is 4.72 Å². The van der Waals surface area contributed by atoms with Crippen molar-refractivity contribution in [2.75, 3.05) is 4.72 Å². The predicted molar refractivity (Wildman–Crippen MR) is 131 cm³/mol. The van der Waals surface area contributed by atoms with Crippen LogP contribution < -0.4 is 4.72 Å². The van der Waals surface area contributed by atoms with Gasteiger partial charge in [0.2, 0.25) is 0 Å². The van der Waals surface area contributed by atoms with Crippen LogP contribution in [0.5, 0.6) is 0 Å². The second-order valence-corrected chi connectivity index (χ2v) is 10.3. The van der Waals surface area contributed by atoms with E-state index in [0.717, 1.165) is 16.7 Å². The highest BCUT2D eigenvalue weighted by atomic mass is 32.2. The first-order valence-electron chi connectivity index (χ1n) is 10.3. The zero-order valence-corrected chi connectivity index (χ0v) is 19.5. The van der Waals surface area contributed by atoms with Crippen molar-refractivity contribution in [2.24, 2.45) is 0 Å². The minimum absolute atomic E-state index is 0.00669. The summed E-state index contributed by atoms with van der Waals surface area (Å²) in [5, 5.41) is 3.87. The molecule has 1 N–H and O–H groups in total. The number of para-hydroxylation sites is 1. The SMILES string of the molecule is Cc1ccc(F)c(CC(=O)Cc2cc(S(=O)(=O)Nc3ccccc3)ccc2-c2ccsc2)c1. The maximum atomic E-state index is 14.2. The van der Waals surface area contributed by atoms with E-state index in [-0.39, 0.29) is 23.5 Å². The van der Waals surface area contributed by atoms with Crippen molar-refractivity contribution in [2.45, 2.75) is 24.7 Å². The Morgan fingerprint density at radius 1 is 0.939 bits per heavy atom. The Bertz CT molecular complexity index is 1380. The molecule has 1 heterocycles. The number of sulfonamides is 1. The summed E-state index contributed by atoms with van der Waals surface area (Å²) in [7, 11) is -3.85. The zero-order valence-electron chi connectivity index (χ0n) is 17.9. The molecule has 0 bridgehead atoms. The van der Waals surface area contributed by atoms with Crippen molar-refractivity contribution >= 4 is 32.8 Å². The van der Waals surface area contributed by atoms with E-state index in [4.69, 9.17) is 0 Å². The van der Waals surface area contributed by atoms with Gasteiger partial charge in [0.05, 0.1) is 4.90 Å². The van der Waals surface area contributed by atoms with Crippen LogP contribution in [0.3, 0.4) is 0 Å². The van der Waals surface area contributed by atoms with E-state index in [9.17, 15) is 17.6 Å². The minimum Gasteiger partial charge on any atom is -0.299 e. The molecule has 0 atom stereocenters. The molecule has 4 nitrogen and oxygen atoms in total. The molecule has 0 aliphatic carbocycles. The fourth-order valence-corrected chi connectivity index (χ4v) is 5.39. The summed E-state index contributed by atoms with van der Waals surface area (Å²) in [4.78, 5) is 13.0. The molecule has 0 aliphatic heterocycles. The van der Waals surface area contributed by atoms with Crippen LogP contribution in [0.25, 0.3) is 11.1 Å². The molecule has 0 unspecified atom stereocenters. The Morgan fingerprint density at radius 2 is 1.70 bits per heavy atom. The summed E-state index contributed by atoms with van der Waals surface area (Å²) >= 11 is 1.51. The van der Waals surface area contributed by atoms with Crippen molar-refractivity contribution in [3.63, 3.8) is 0 Å². The number of thiophene rings is 1. The van der Waals surface area contributed by atoms with Crippen LogP contribution in [-0.2, 0) is 27.7 Å². The molecule has 3 aromatic carbocycles. The first-order valence-corrected chi connectivity index (χ1v) is 12.7. The third-order valence-corrected chi connectivity index (χ3v) is 7.28. The number of aryl methyl sites for hydroxylation is 1. The van der Waals surface area contributed by atoms with Crippen molar-refractivity contribution in [1.29, 1.82) is 0 Å². The third-order valence-electron chi connectivity index (χ3n) is 5.22. The lowest BCUT2D eigenvalue weighted by molar-refractivity contribution is -0.117. The van der Waals surface area contributed by atoms with Gasteiger partial charge in [-0.25, -0.2) is 12.8 Å². The summed E-state index contributed by atoms with van der Waals surface area (Å²) in [6, 6.07) is 20.0. The van der Waals surface area contributed by atoms with Crippen LogP contribution in [0.15, 0.2) is 88.5 Å². The summed E-state index contributed by atoms with van der Waals surface area (Å²) in [5.74, 6) is -0.614. The van der Waals surface area contributed by atoms with Crippen molar-refractivity contribution in [3.05, 3.63) is 106 Å².